The van der Waals surface area contributed by atoms with Crippen molar-refractivity contribution in [1.82, 2.24) is 19.6 Å². The third kappa shape index (κ3) is 2.63. The van der Waals surface area contributed by atoms with Gasteiger partial charge in [-0.05, 0) is 18.9 Å². The summed E-state index contributed by atoms with van der Waals surface area (Å²) in [6, 6.07) is 10.1. The number of benzene rings is 1. The van der Waals surface area contributed by atoms with Crippen molar-refractivity contribution >= 4 is 5.91 Å². The number of fused-ring (bicyclic) bond motifs is 1. The van der Waals surface area contributed by atoms with E-state index in [0.29, 0.717) is 36.5 Å². The van der Waals surface area contributed by atoms with Crippen molar-refractivity contribution in [2.45, 2.75) is 39.4 Å². The molecule has 1 atom stereocenters. The van der Waals surface area contributed by atoms with Crippen LogP contribution in [0.2, 0.25) is 0 Å². The summed E-state index contributed by atoms with van der Waals surface area (Å²) in [5.74, 6) is 1.42. The monoisotopic (exact) mass is 336 g/mol. The van der Waals surface area contributed by atoms with E-state index in [9.17, 15) is 4.79 Å². The van der Waals surface area contributed by atoms with Crippen LogP contribution in [0.4, 0.5) is 0 Å². The molecule has 0 aliphatic carbocycles. The van der Waals surface area contributed by atoms with E-state index in [-0.39, 0.29) is 11.9 Å². The summed E-state index contributed by atoms with van der Waals surface area (Å²) in [7, 11) is 0. The molecule has 1 aromatic carbocycles. The quantitative estimate of drug-likeness (QED) is 0.737. The summed E-state index contributed by atoms with van der Waals surface area (Å²) < 4.78 is 7.39. The minimum Gasteiger partial charge on any atom is -0.361 e. The Morgan fingerprint density at radius 3 is 2.88 bits per heavy atom. The first-order valence-corrected chi connectivity index (χ1v) is 8.50. The maximum atomic E-state index is 13.4. The first kappa shape index (κ1) is 15.6. The molecule has 0 spiro atoms. The van der Waals surface area contributed by atoms with Gasteiger partial charge in [-0.3, -0.25) is 4.79 Å². The molecule has 3 aromatic rings. The van der Waals surface area contributed by atoms with Crippen LogP contribution >= 0.6 is 0 Å². The molecule has 0 saturated carbocycles. The van der Waals surface area contributed by atoms with E-state index in [1.165, 1.54) is 0 Å². The Balaban J connectivity index is 1.77. The summed E-state index contributed by atoms with van der Waals surface area (Å²) in [5, 5.41) is 4.04. The van der Waals surface area contributed by atoms with Crippen LogP contribution in [0.5, 0.6) is 0 Å². The summed E-state index contributed by atoms with van der Waals surface area (Å²) in [6.07, 6.45) is 4.42. The summed E-state index contributed by atoms with van der Waals surface area (Å²) in [6.45, 7) is 4.93. The molecule has 6 nitrogen and oxygen atoms in total. The van der Waals surface area contributed by atoms with Gasteiger partial charge in [-0.25, -0.2) is 4.98 Å². The largest absolute Gasteiger partial charge is 0.361 e. The third-order valence-corrected chi connectivity index (χ3v) is 4.79. The zero-order chi connectivity index (χ0) is 17.4. The molecular formula is C19H20N4O2. The van der Waals surface area contributed by atoms with E-state index >= 15 is 0 Å². The molecule has 0 unspecified atom stereocenters. The van der Waals surface area contributed by atoms with Crippen LogP contribution in [0.25, 0.3) is 0 Å². The van der Waals surface area contributed by atoms with Gasteiger partial charge in [-0.1, -0.05) is 42.4 Å². The van der Waals surface area contributed by atoms with Gasteiger partial charge in [-0.2, -0.15) is 0 Å². The molecule has 2 aromatic heterocycles. The van der Waals surface area contributed by atoms with Crippen molar-refractivity contribution in [3.8, 4) is 0 Å². The standard InChI is InChI=1S/C19H20N4O2/c1-3-15-18(13(2)25-21-15)19(24)23-12-17-20-9-10-22(17)11-16(23)14-7-5-4-6-8-14/h4-10,16H,3,11-12H2,1-2H3/t16-/m1/s1. The first-order chi connectivity index (χ1) is 12.2. The summed E-state index contributed by atoms with van der Waals surface area (Å²) in [5.41, 5.74) is 2.41. The van der Waals surface area contributed by atoms with E-state index in [4.69, 9.17) is 4.52 Å². The zero-order valence-corrected chi connectivity index (χ0v) is 14.3. The summed E-state index contributed by atoms with van der Waals surface area (Å²) >= 11 is 0. The Labute approximate surface area is 146 Å². The molecule has 128 valence electrons. The first-order valence-electron chi connectivity index (χ1n) is 8.50. The number of aromatic nitrogens is 3. The second kappa shape index (κ2) is 6.20. The second-order valence-corrected chi connectivity index (χ2v) is 6.27. The molecule has 0 saturated heterocycles. The van der Waals surface area contributed by atoms with Gasteiger partial charge in [0.05, 0.1) is 18.3 Å². The molecule has 1 aliphatic heterocycles. The fourth-order valence-corrected chi connectivity index (χ4v) is 3.46. The van der Waals surface area contributed by atoms with Gasteiger partial charge < -0.3 is 14.0 Å². The SMILES string of the molecule is CCc1noc(C)c1C(=O)N1Cc2nccn2C[C@@H]1c1ccccc1. The molecule has 3 heterocycles. The number of carbonyl (C=O) groups is 1. The van der Waals surface area contributed by atoms with Gasteiger partial charge in [0.1, 0.15) is 17.1 Å². The second-order valence-electron chi connectivity index (χ2n) is 6.27. The van der Waals surface area contributed by atoms with Crippen LogP contribution in [0.15, 0.2) is 47.2 Å². The number of hydrogen-bond acceptors (Lipinski definition) is 4. The summed E-state index contributed by atoms with van der Waals surface area (Å²) in [4.78, 5) is 19.6. The van der Waals surface area contributed by atoms with E-state index in [2.05, 4.69) is 26.8 Å². The Hall–Kier alpha value is -2.89. The van der Waals surface area contributed by atoms with Crippen molar-refractivity contribution < 1.29 is 9.32 Å². The van der Waals surface area contributed by atoms with Crippen LogP contribution < -0.4 is 0 Å². The van der Waals surface area contributed by atoms with Gasteiger partial charge in [0.2, 0.25) is 0 Å². The number of carbonyl (C=O) groups excluding carboxylic acids is 1. The predicted octanol–water partition coefficient (Wildman–Crippen LogP) is 3.14. The Morgan fingerprint density at radius 1 is 1.32 bits per heavy atom. The number of amides is 1. The van der Waals surface area contributed by atoms with Crippen LogP contribution in [0.1, 0.15) is 46.2 Å². The number of imidazole rings is 1. The predicted molar refractivity (Wildman–Crippen MR) is 91.9 cm³/mol. The lowest BCUT2D eigenvalue weighted by Crippen LogP contribution is -2.41. The molecule has 1 amide bonds. The minimum atomic E-state index is -0.0468. The fourth-order valence-electron chi connectivity index (χ4n) is 3.46. The number of aryl methyl sites for hydroxylation is 2. The molecule has 0 radical (unpaired) electrons. The highest BCUT2D eigenvalue weighted by Gasteiger charge is 2.34. The minimum absolute atomic E-state index is 0.0429. The highest BCUT2D eigenvalue weighted by Crippen LogP contribution is 2.31. The number of nitrogens with zero attached hydrogens (tertiary/aromatic N) is 4. The van der Waals surface area contributed by atoms with E-state index in [1.807, 2.05) is 36.2 Å². The molecule has 1 aliphatic rings. The lowest BCUT2D eigenvalue weighted by molar-refractivity contribution is 0.0581. The third-order valence-electron chi connectivity index (χ3n) is 4.79. The van der Waals surface area contributed by atoms with Crippen LogP contribution in [-0.2, 0) is 19.5 Å². The maximum Gasteiger partial charge on any atom is 0.260 e. The van der Waals surface area contributed by atoms with Gasteiger partial charge in [-0.15, -0.1) is 0 Å². The fraction of sp³-hybridized carbons (Fsp3) is 0.316. The van der Waals surface area contributed by atoms with E-state index in [1.54, 1.807) is 13.1 Å². The van der Waals surface area contributed by atoms with Crippen molar-refractivity contribution in [2.75, 3.05) is 0 Å². The topological polar surface area (TPSA) is 64.2 Å². The Bertz CT molecular complexity index is 897. The molecule has 25 heavy (non-hydrogen) atoms. The molecule has 4 rings (SSSR count). The molecule has 6 heteroatoms. The normalized spacial score (nSPS) is 16.7. The van der Waals surface area contributed by atoms with Crippen molar-refractivity contribution in [3.05, 3.63) is 71.1 Å². The average Bonchev–Trinajstić information content (AvgIpc) is 3.26. The molecule has 0 fully saturated rings. The van der Waals surface area contributed by atoms with Gasteiger partial charge in [0.15, 0.2) is 0 Å². The highest BCUT2D eigenvalue weighted by molar-refractivity contribution is 5.96. The van der Waals surface area contributed by atoms with E-state index < -0.39 is 0 Å². The highest BCUT2D eigenvalue weighted by atomic mass is 16.5. The van der Waals surface area contributed by atoms with Crippen LogP contribution in [0.3, 0.4) is 0 Å². The van der Waals surface area contributed by atoms with E-state index in [0.717, 1.165) is 11.4 Å². The van der Waals surface area contributed by atoms with Crippen LogP contribution in [0, 0.1) is 6.92 Å². The number of rotatable bonds is 3. The zero-order valence-electron chi connectivity index (χ0n) is 14.3. The van der Waals surface area contributed by atoms with Crippen molar-refractivity contribution in [2.24, 2.45) is 0 Å². The lowest BCUT2D eigenvalue weighted by Gasteiger charge is -2.36. The van der Waals surface area contributed by atoms with Crippen molar-refractivity contribution in [3.63, 3.8) is 0 Å². The van der Waals surface area contributed by atoms with Gasteiger partial charge in [0.25, 0.3) is 5.91 Å². The Kier molecular flexibility index (Phi) is 3.87. The number of hydrogen-bond donors (Lipinski definition) is 0. The Morgan fingerprint density at radius 2 is 2.12 bits per heavy atom. The molecular weight excluding hydrogens is 316 g/mol. The van der Waals surface area contributed by atoms with Crippen molar-refractivity contribution in [1.29, 1.82) is 0 Å². The molecule has 0 bridgehead atoms. The average molecular weight is 336 g/mol. The smallest absolute Gasteiger partial charge is 0.260 e. The maximum absolute atomic E-state index is 13.4. The van der Waals surface area contributed by atoms with Gasteiger partial charge in [0, 0.05) is 18.9 Å². The van der Waals surface area contributed by atoms with Crippen LogP contribution in [-0.4, -0.2) is 25.5 Å². The molecule has 0 N–H and O–H groups in total. The lowest BCUT2D eigenvalue weighted by atomic mass is 10.0. The van der Waals surface area contributed by atoms with Gasteiger partial charge >= 0.3 is 0 Å².